The van der Waals surface area contributed by atoms with Crippen LogP contribution < -0.4 is 4.90 Å². The molecule has 1 aromatic heterocycles. The van der Waals surface area contributed by atoms with Gasteiger partial charge in [-0.05, 0) is 30.3 Å². The number of halogens is 7. The Morgan fingerprint density at radius 3 is 2.29 bits per heavy atom. The first-order valence-electron chi connectivity index (χ1n) is 10.1. The van der Waals surface area contributed by atoms with E-state index in [-0.39, 0.29) is 52.7 Å². The Bertz CT molecular complexity index is 1400. The number of carbonyl (C=O) groups excluding carboxylic acids is 1. The Morgan fingerprint density at radius 2 is 1.71 bits per heavy atom. The van der Waals surface area contributed by atoms with Gasteiger partial charge in [-0.25, -0.2) is 21.2 Å². The third-order valence-corrected chi connectivity index (χ3v) is 7.96. The number of rotatable bonds is 4. The predicted molar refractivity (Wildman–Crippen MR) is 123 cm³/mol. The van der Waals surface area contributed by atoms with Crippen molar-refractivity contribution in [3.8, 4) is 0 Å². The van der Waals surface area contributed by atoms with Crippen LogP contribution in [0.3, 0.4) is 0 Å². The van der Waals surface area contributed by atoms with Gasteiger partial charge in [0.1, 0.15) is 0 Å². The molecule has 0 bridgehead atoms. The van der Waals surface area contributed by atoms with Crippen molar-refractivity contribution in [1.82, 2.24) is 8.87 Å². The van der Waals surface area contributed by atoms with E-state index in [9.17, 15) is 35.2 Å². The SMILES string of the molecule is O=C(N1CCN(c2cc(Cl)cc3c2c(C(F)F)cn3S(=O)(=O)c2cccc(Br)c2)CC1)C(F)(F)F. The van der Waals surface area contributed by atoms with Crippen LogP contribution in [0, 0.1) is 0 Å². The quantitative estimate of drug-likeness (QED) is 0.374. The number of hydrogen-bond donors (Lipinski definition) is 0. The van der Waals surface area contributed by atoms with E-state index in [2.05, 4.69) is 15.9 Å². The molecule has 4 rings (SSSR count). The van der Waals surface area contributed by atoms with Gasteiger partial charge in [0.05, 0.1) is 10.4 Å². The molecule has 2 aromatic carbocycles. The summed E-state index contributed by atoms with van der Waals surface area (Å²) in [6.45, 7) is -0.784. The largest absolute Gasteiger partial charge is 0.471 e. The highest BCUT2D eigenvalue weighted by atomic mass is 79.9. The summed E-state index contributed by atoms with van der Waals surface area (Å²) in [5.41, 5.74) is -0.527. The van der Waals surface area contributed by atoms with E-state index in [1.54, 1.807) is 6.07 Å². The van der Waals surface area contributed by atoms with E-state index >= 15 is 0 Å². The number of hydrogen-bond acceptors (Lipinski definition) is 4. The lowest BCUT2D eigenvalue weighted by Crippen LogP contribution is -2.52. The van der Waals surface area contributed by atoms with E-state index in [1.165, 1.54) is 35.2 Å². The van der Waals surface area contributed by atoms with Gasteiger partial charge in [-0.2, -0.15) is 13.2 Å². The average molecular weight is 601 g/mol. The fourth-order valence-corrected chi connectivity index (χ4v) is 6.16. The number of piperazine rings is 1. The third kappa shape index (κ3) is 4.85. The molecule has 6 nitrogen and oxygen atoms in total. The number of carbonyl (C=O) groups is 1. The maximum absolute atomic E-state index is 14.1. The minimum Gasteiger partial charge on any atom is -0.367 e. The van der Waals surface area contributed by atoms with Crippen molar-refractivity contribution in [1.29, 1.82) is 0 Å². The first-order chi connectivity index (χ1) is 16.3. The summed E-state index contributed by atoms with van der Waals surface area (Å²) in [4.78, 5) is 13.5. The van der Waals surface area contributed by atoms with Crippen LogP contribution in [0.5, 0.6) is 0 Å². The summed E-state index contributed by atoms with van der Waals surface area (Å²) in [7, 11) is -4.30. The van der Waals surface area contributed by atoms with Gasteiger partial charge in [0.25, 0.3) is 16.4 Å². The molecule has 35 heavy (non-hydrogen) atoms. The lowest BCUT2D eigenvalue weighted by Gasteiger charge is -2.36. The number of amides is 1. The van der Waals surface area contributed by atoms with E-state index in [0.717, 1.165) is 10.2 Å². The monoisotopic (exact) mass is 599 g/mol. The Kier molecular flexibility index (Phi) is 6.79. The first kappa shape index (κ1) is 25.7. The summed E-state index contributed by atoms with van der Waals surface area (Å²) in [6.07, 6.45) is -7.24. The fourth-order valence-electron chi connectivity index (χ4n) is 3.99. The molecule has 1 aliphatic heterocycles. The molecular weight excluding hydrogens is 585 g/mol. The maximum atomic E-state index is 14.1. The molecule has 0 spiro atoms. The van der Waals surface area contributed by atoms with Crippen LogP contribution in [0.1, 0.15) is 12.0 Å². The van der Waals surface area contributed by atoms with Gasteiger partial charge < -0.3 is 9.80 Å². The molecule has 0 N–H and O–H groups in total. The van der Waals surface area contributed by atoms with Crippen molar-refractivity contribution in [2.75, 3.05) is 31.1 Å². The maximum Gasteiger partial charge on any atom is 0.471 e. The number of nitrogens with zero attached hydrogens (tertiary/aromatic N) is 3. The van der Waals surface area contributed by atoms with Gasteiger partial charge in [-0.15, -0.1) is 0 Å². The first-order valence-corrected chi connectivity index (χ1v) is 12.7. The summed E-state index contributed by atoms with van der Waals surface area (Å²) >= 11 is 9.41. The van der Waals surface area contributed by atoms with E-state index < -0.39 is 34.1 Å². The highest BCUT2D eigenvalue weighted by Gasteiger charge is 2.43. The molecule has 1 saturated heterocycles. The van der Waals surface area contributed by atoms with Gasteiger partial charge in [0.15, 0.2) is 0 Å². The second-order valence-electron chi connectivity index (χ2n) is 7.74. The van der Waals surface area contributed by atoms with Gasteiger partial charge in [-0.1, -0.05) is 33.6 Å². The zero-order valence-corrected chi connectivity index (χ0v) is 20.7. The van der Waals surface area contributed by atoms with E-state index in [4.69, 9.17) is 11.6 Å². The predicted octanol–water partition coefficient (Wildman–Crippen LogP) is 5.44. The van der Waals surface area contributed by atoms with Crippen molar-refractivity contribution in [3.63, 3.8) is 0 Å². The standard InChI is InChI=1S/C21H16BrClF5N3O3S/c22-12-2-1-3-14(8-12)35(33,34)31-11-15(19(24)25)18-16(9-13(23)10-17(18)31)29-4-6-30(7-5-29)20(32)21(26,27)28/h1-3,8-11,19H,4-7H2. The lowest BCUT2D eigenvalue weighted by atomic mass is 10.1. The number of fused-ring (bicyclic) bond motifs is 1. The van der Waals surface area contributed by atoms with Crippen LogP contribution in [0.2, 0.25) is 5.02 Å². The molecular formula is C21H16BrClF5N3O3S. The summed E-state index contributed by atoms with van der Waals surface area (Å²) < 4.78 is 94.3. The molecule has 14 heteroatoms. The summed E-state index contributed by atoms with van der Waals surface area (Å²) in [5, 5.41) is -0.0375. The molecule has 0 unspecified atom stereocenters. The molecule has 0 radical (unpaired) electrons. The Balaban J connectivity index is 1.81. The van der Waals surface area contributed by atoms with Crippen molar-refractivity contribution in [2.24, 2.45) is 0 Å². The number of benzene rings is 2. The molecule has 0 aliphatic carbocycles. The van der Waals surface area contributed by atoms with E-state index in [1.807, 2.05) is 0 Å². The second kappa shape index (κ2) is 9.25. The second-order valence-corrected chi connectivity index (χ2v) is 10.9. The van der Waals surface area contributed by atoms with Crippen LogP contribution in [-0.4, -0.2) is 55.6 Å². The Morgan fingerprint density at radius 1 is 1.06 bits per heavy atom. The zero-order chi connectivity index (χ0) is 25.7. The summed E-state index contributed by atoms with van der Waals surface area (Å²) in [6, 6.07) is 8.33. The molecule has 0 atom stereocenters. The van der Waals surface area contributed by atoms with Crippen LogP contribution in [0.25, 0.3) is 10.9 Å². The average Bonchev–Trinajstić information content (AvgIpc) is 3.18. The van der Waals surface area contributed by atoms with Crippen LogP contribution in [-0.2, 0) is 14.8 Å². The zero-order valence-electron chi connectivity index (χ0n) is 17.6. The minimum absolute atomic E-state index is 0.0471. The lowest BCUT2D eigenvalue weighted by molar-refractivity contribution is -0.185. The molecule has 1 aliphatic rings. The van der Waals surface area contributed by atoms with Crippen LogP contribution in [0.4, 0.5) is 27.6 Å². The van der Waals surface area contributed by atoms with Gasteiger partial charge in [0, 0.05) is 58.5 Å². The molecule has 2 heterocycles. The Labute approximate surface area is 210 Å². The Hall–Kier alpha value is -2.38. The van der Waals surface area contributed by atoms with E-state index in [0.29, 0.717) is 9.37 Å². The minimum atomic E-state index is -5.02. The van der Waals surface area contributed by atoms with Gasteiger partial charge >= 0.3 is 12.1 Å². The van der Waals surface area contributed by atoms with Gasteiger partial charge in [0.2, 0.25) is 0 Å². The van der Waals surface area contributed by atoms with Crippen molar-refractivity contribution in [2.45, 2.75) is 17.5 Å². The fraction of sp³-hybridized carbons (Fsp3) is 0.286. The van der Waals surface area contributed by atoms with Crippen LogP contribution in [0.15, 0.2) is 52.0 Å². The highest BCUT2D eigenvalue weighted by molar-refractivity contribution is 9.10. The van der Waals surface area contributed by atoms with Crippen molar-refractivity contribution < 1.29 is 35.2 Å². The third-order valence-electron chi connectivity index (χ3n) is 5.58. The number of alkyl halides is 5. The number of aromatic nitrogens is 1. The van der Waals surface area contributed by atoms with Crippen LogP contribution >= 0.6 is 27.5 Å². The smallest absolute Gasteiger partial charge is 0.367 e. The van der Waals surface area contributed by atoms with Crippen molar-refractivity contribution >= 4 is 60.1 Å². The highest BCUT2D eigenvalue weighted by Crippen LogP contribution is 2.40. The number of anilines is 1. The topological polar surface area (TPSA) is 62.6 Å². The normalized spacial score (nSPS) is 15.3. The molecule has 188 valence electrons. The molecule has 1 fully saturated rings. The molecule has 0 saturated carbocycles. The molecule has 1 amide bonds. The molecule has 3 aromatic rings. The summed E-state index contributed by atoms with van der Waals surface area (Å²) in [5.74, 6) is -1.98. The van der Waals surface area contributed by atoms with Gasteiger partial charge in [-0.3, -0.25) is 4.79 Å². The van der Waals surface area contributed by atoms with Crippen molar-refractivity contribution in [3.05, 3.63) is 57.7 Å².